The van der Waals surface area contributed by atoms with Crippen molar-refractivity contribution in [2.45, 2.75) is 24.0 Å². The minimum Gasteiger partial charge on any atom is -0.383 e. The molecule has 20 heavy (non-hydrogen) atoms. The van der Waals surface area contributed by atoms with E-state index in [9.17, 15) is 14.9 Å². The van der Waals surface area contributed by atoms with Crippen molar-refractivity contribution in [1.29, 1.82) is 0 Å². The molecule has 0 aliphatic heterocycles. The van der Waals surface area contributed by atoms with Crippen LogP contribution >= 0.6 is 11.8 Å². The second-order valence-electron chi connectivity index (χ2n) is 4.81. The van der Waals surface area contributed by atoms with E-state index in [0.29, 0.717) is 6.54 Å². The van der Waals surface area contributed by atoms with Crippen molar-refractivity contribution in [2.75, 3.05) is 18.5 Å². The van der Waals surface area contributed by atoms with E-state index in [0.717, 1.165) is 31.5 Å². The van der Waals surface area contributed by atoms with Crippen molar-refractivity contribution in [3.8, 4) is 0 Å². The summed E-state index contributed by atoms with van der Waals surface area (Å²) < 4.78 is 0.0958. The van der Waals surface area contributed by atoms with Gasteiger partial charge >= 0.3 is 0 Å². The molecule has 7 nitrogen and oxygen atoms in total. The van der Waals surface area contributed by atoms with E-state index >= 15 is 0 Å². The molecule has 1 saturated carbocycles. The molecular formula is C12H16N4O3S. The molecule has 108 valence electrons. The van der Waals surface area contributed by atoms with E-state index in [1.165, 1.54) is 0 Å². The lowest BCUT2D eigenvalue weighted by Crippen LogP contribution is -2.45. The van der Waals surface area contributed by atoms with Gasteiger partial charge in [-0.25, -0.2) is 4.98 Å². The van der Waals surface area contributed by atoms with Crippen molar-refractivity contribution in [2.24, 2.45) is 0 Å². The first-order chi connectivity index (χ1) is 9.47. The number of anilines is 1. The number of nitro groups is 1. The molecule has 0 aromatic carbocycles. The van der Waals surface area contributed by atoms with Gasteiger partial charge in [0.05, 0.1) is 10.5 Å². The van der Waals surface area contributed by atoms with Crippen LogP contribution in [0.15, 0.2) is 12.3 Å². The van der Waals surface area contributed by atoms with Crippen LogP contribution in [0.2, 0.25) is 0 Å². The molecule has 0 unspecified atom stereocenters. The Labute approximate surface area is 120 Å². The van der Waals surface area contributed by atoms with Crippen molar-refractivity contribution in [1.82, 2.24) is 10.3 Å². The van der Waals surface area contributed by atoms with Crippen molar-refractivity contribution >= 4 is 29.2 Å². The third kappa shape index (κ3) is 2.84. The van der Waals surface area contributed by atoms with E-state index in [1.54, 1.807) is 11.8 Å². The van der Waals surface area contributed by atoms with E-state index < -0.39 is 10.8 Å². The zero-order valence-electron chi connectivity index (χ0n) is 11.1. The maximum atomic E-state index is 12.1. The first-order valence-corrected chi connectivity index (χ1v) is 7.43. The summed E-state index contributed by atoms with van der Waals surface area (Å²) >= 11 is 1.74. The number of amides is 1. The molecule has 1 amide bonds. The molecule has 0 bridgehead atoms. The minimum absolute atomic E-state index is 0.0000824. The third-order valence-corrected chi connectivity index (χ3v) is 5.05. The number of pyridine rings is 1. The second-order valence-corrected chi connectivity index (χ2v) is 6.08. The van der Waals surface area contributed by atoms with Gasteiger partial charge in [-0.15, -0.1) is 0 Å². The van der Waals surface area contributed by atoms with Gasteiger partial charge in [-0.05, 0) is 19.1 Å². The molecule has 0 spiro atoms. The summed E-state index contributed by atoms with van der Waals surface area (Å²) in [6, 6.07) is 1.16. The number of nitrogens with two attached hydrogens (primary N) is 1. The van der Waals surface area contributed by atoms with Crippen LogP contribution < -0.4 is 11.1 Å². The number of nitrogens with zero attached hydrogens (tertiary/aromatic N) is 2. The predicted octanol–water partition coefficient (Wildman–Crippen LogP) is 1.59. The minimum atomic E-state index is -0.599. The SMILES string of the molecule is CSC1(CNC(=O)c2cc([N+](=O)[O-])cnc2N)CCC1. The fourth-order valence-corrected chi connectivity index (χ4v) is 3.02. The van der Waals surface area contributed by atoms with Crippen LogP contribution in [-0.4, -0.2) is 33.4 Å². The quantitative estimate of drug-likeness (QED) is 0.630. The van der Waals surface area contributed by atoms with Crippen LogP contribution in [0.25, 0.3) is 0 Å². The predicted molar refractivity (Wildman–Crippen MR) is 77.7 cm³/mol. The van der Waals surface area contributed by atoms with Gasteiger partial charge < -0.3 is 11.1 Å². The lowest BCUT2D eigenvalue weighted by atomic mass is 9.84. The van der Waals surface area contributed by atoms with Crippen LogP contribution in [0.3, 0.4) is 0 Å². The Balaban J connectivity index is 2.09. The molecule has 0 atom stereocenters. The monoisotopic (exact) mass is 296 g/mol. The summed E-state index contributed by atoms with van der Waals surface area (Å²) in [5, 5.41) is 13.5. The Bertz CT molecular complexity index is 540. The number of nitrogens with one attached hydrogen (secondary N) is 1. The average Bonchev–Trinajstić information content (AvgIpc) is 2.38. The first-order valence-electron chi connectivity index (χ1n) is 6.21. The Morgan fingerprint density at radius 1 is 1.65 bits per heavy atom. The van der Waals surface area contributed by atoms with Gasteiger partial charge in [0.25, 0.3) is 11.6 Å². The van der Waals surface area contributed by atoms with Crippen LogP contribution in [0.1, 0.15) is 29.6 Å². The summed E-state index contributed by atoms with van der Waals surface area (Å²) in [5.74, 6) is -0.418. The van der Waals surface area contributed by atoms with E-state index in [2.05, 4.69) is 10.3 Å². The molecule has 1 fully saturated rings. The highest BCUT2D eigenvalue weighted by molar-refractivity contribution is 8.00. The molecular weight excluding hydrogens is 280 g/mol. The highest BCUT2D eigenvalue weighted by Crippen LogP contribution is 2.42. The first kappa shape index (κ1) is 14.6. The standard InChI is InChI=1S/C12H16N4O3S/c1-20-12(3-2-4-12)7-15-11(17)9-5-8(16(18)19)6-14-10(9)13/h5-6H,2-4,7H2,1H3,(H2,13,14)(H,15,17). The topological polar surface area (TPSA) is 111 Å². The highest BCUT2D eigenvalue weighted by Gasteiger charge is 2.36. The lowest BCUT2D eigenvalue weighted by Gasteiger charge is -2.40. The van der Waals surface area contributed by atoms with Crippen molar-refractivity contribution in [3.63, 3.8) is 0 Å². The molecule has 1 heterocycles. The molecule has 1 aromatic heterocycles. The van der Waals surface area contributed by atoms with Gasteiger partial charge in [-0.2, -0.15) is 11.8 Å². The normalized spacial score (nSPS) is 16.2. The Kier molecular flexibility index (Phi) is 4.12. The number of carbonyl (C=O) groups excluding carboxylic acids is 1. The number of aromatic nitrogens is 1. The highest BCUT2D eigenvalue weighted by atomic mass is 32.2. The number of carbonyl (C=O) groups is 1. The largest absolute Gasteiger partial charge is 0.383 e. The maximum absolute atomic E-state index is 12.1. The summed E-state index contributed by atoms with van der Waals surface area (Å²) in [4.78, 5) is 25.9. The molecule has 1 aliphatic carbocycles. The van der Waals surface area contributed by atoms with Gasteiger partial charge in [0.15, 0.2) is 0 Å². The average molecular weight is 296 g/mol. The number of rotatable bonds is 5. The summed E-state index contributed by atoms with van der Waals surface area (Å²) in [7, 11) is 0. The summed E-state index contributed by atoms with van der Waals surface area (Å²) in [5.41, 5.74) is 5.42. The number of hydrogen-bond donors (Lipinski definition) is 2. The molecule has 1 aromatic rings. The van der Waals surface area contributed by atoms with Crippen molar-refractivity contribution in [3.05, 3.63) is 27.9 Å². The van der Waals surface area contributed by atoms with Gasteiger partial charge in [0, 0.05) is 17.4 Å². The van der Waals surface area contributed by atoms with Crippen LogP contribution in [0, 0.1) is 10.1 Å². The number of thioether (sulfide) groups is 1. The molecule has 2 rings (SSSR count). The van der Waals surface area contributed by atoms with Crippen LogP contribution in [0.5, 0.6) is 0 Å². The molecule has 0 saturated heterocycles. The van der Waals surface area contributed by atoms with Gasteiger partial charge in [0.2, 0.25) is 0 Å². The molecule has 1 aliphatic rings. The van der Waals surface area contributed by atoms with Gasteiger partial charge in [-0.1, -0.05) is 6.42 Å². The molecule has 3 N–H and O–H groups in total. The molecule has 8 heteroatoms. The third-order valence-electron chi connectivity index (χ3n) is 3.63. The van der Waals surface area contributed by atoms with Gasteiger partial charge in [-0.3, -0.25) is 14.9 Å². The van der Waals surface area contributed by atoms with E-state index in [4.69, 9.17) is 5.73 Å². The van der Waals surface area contributed by atoms with E-state index in [-0.39, 0.29) is 21.8 Å². The lowest BCUT2D eigenvalue weighted by molar-refractivity contribution is -0.385. The number of hydrogen-bond acceptors (Lipinski definition) is 6. The summed E-state index contributed by atoms with van der Waals surface area (Å²) in [6.07, 6.45) is 6.36. The second kappa shape index (κ2) is 5.66. The Hall–Kier alpha value is -1.83. The fourth-order valence-electron chi connectivity index (χ4n) is 2.11. The zero-order valence-corrected chi connectivity index (χ0v) is 11.9. The summed E-state index contributed by atoms with van der Waals surface area (Å²) in [6.45, 7) is 0.537. The van der Waals surface area contributed by atoms with E-state index in [1.807, 2.05) is 6.26 Å². The fraction of sp³-hybridized carbons (Fsp3) is 0.500. The smallest absolute Gasteiger partial charge is 0.288 e. The van der Waals surface area contributed by atoms with Crippen LogP contribution in [0.4, 0.5) is 11.5 Å². The van der Waals surface area contributed by atoms with Crippen LogP contribution in [-0.2, 0) is 0 Å². The Morgan fingerprint density at radius 2 is 2.35 bits per heavy atom. The maximum Gasteiger partial charge on any atom is 0.288 e. The Morgan fingerprint density at radius 3 is 2.85 bits per heavy atom. The number of nitrogen functional groups attached to an aromatic ring is 1. The molecule has 0 radical (unpaired) electrons. The van der Waals surface area contributed by atoms with Crippen molar-refractivity contribution < 1.29 is 9.72 Å². The zero-order chi connectivity index (χ0) is 14.8. The van der Waals surface area contributed by atoms with Gasteiger partial charge in [0.1, 0.15) is 12.0 Å².